The zero-order valence-electron chi connectivity index (χ0n) is 21.5. The van der Waals surface area contributed by atoms with Gasteiger partial charge in [0.1, 0.15) is 28.6 Å². The molecule has 2 aliphatic rings. The van der Waals surface area contributed by atoms with Crippen LogP contribution in [0, 0.1) is 6.92 Å². The van der Waals surface area contributed by atoms with E-state index in [4.69, 9.17) is 13.9 Å². The van der Waals surface area contributed by atoms with E-state index >= 15 is 0 Å². The number of carbonyl (C=O) groups excluding carboxylic acids is 2. The molecule has 2 N–H and O–H groups in total. The van der Waals surface area contributed by atoms with Gasteiger partial charge in [-0.15, -0.1) is 5.10 Å². The Bertz CT molecular complexity index is 1170. The molecule has 1 aliphatic heterocycles. The smallest absolute Gasteiger partial charge is 0.408 e. The molecule has 2 aromatic rings. The maximum atomic E-state index is 12.6. The van der Waals surface area contributed by atoms with Crippen LogP contribution in [0.2, 0.25) is 0 Å². The van der Waals surface area contributed by atoms with Crippen molar-refractivity contribution in [2.24, 2.45) is 5.10 Å². The predicted octanol–water partition coefficient (Wildman–Crippen LogP) is 5.00. The minimum atomic E-state index is -0.776. The predicted molar refractivity (Wildman–Crippen MR) is 133 cm³/mol. The van der Waals surface area contributed by atoms with Crippen molar-refractivity contribution in [3.8, 4) is 5.75 Å². The van der Waals surface area contributed by atoms with Crippen LogP contribution < -0.4 is 21.0 Å². The summed E-state index contributed by atoms with van der Waals surface area (Å²) in [5.41, 5.74) is 4.98. The lowest BCUT2D eigenvalue weighted by molar-refractivity contribution is -0.123. The maximum absolute atomic E-state index is 12.6. The molecular weight excluding hydrogens is 446 g/mol. The molecule has 35 heavy (non-hydrogen) atoms. The quantitative estimate of drug-likeness (QED) is 0.596. The summed E-state index contributed by atoms with van der Waals surface area (Å²) in [6.45, 7) is 9.10. The number of alkyl carbamates (subject to hydrolysis) is 1. The summed E-state index contributed by atoms with van der Waals surface area (Å²) in [6.07, 6.45) is 7.76. The Morgan fingerprint density at radius 1 is 1.14 bits per heavy atom. The summed E-state index contributed by atoms with van der Waals surface area (Å²) in [5.74, 6) is 0.446. The lowest BCUT2D eigenvalue weighted by Gasteiger charge is -2.41. The summed E-state index contributed by atoms with van der Waals surface area (Å²) in [5, 5.41) is 7.76. The first-order valence-corrected chi connectivity index (χ1v) is 12.7. The number of aryl methyl sites for hydroxylation is 2. The Hall–Kier alpha value is -3.03. The van der Waals surface area contributed by atoms with Crippen molar-refractivity contribution < 1.29 is 23.5 Å². The first-order valence-electron chi connectivity index (χ1n) is 12.7. The molecule has 1 fully saturated rings. The van der Waals surface area contributed by atoms with E-state index in [1.165, 1.54) is 24.8 Å². The summed E-state index contributed by atoms with van der Waals surface area (Å²) in [6, 6.07) is 5.14. The van der Waals surface area contributed by atoms with Crippen molar-refractivity contribution in [3.05, 3.63) is 34.9 Å². The molecule has 0 saturated heterocycles. The van der Waals surface area contributed by atoms with Gasteiger partial charge in [0, 0.05) is 17.5 Å². The normalized spacial score (nSPS) is 18.5. The van der Waals surface area contributed by atoms with E-state index in [-0.39, 0.29) is 11.2 Å². The van der Waals surface area contributed by atoms with Gasteiger partial charge in [0.25, 0.3) is 5.91 Å². The van der Waals surface area contributed by atoms with Crippen LogP contribution in [0.25, 0.3) is 11.0 Å². The fourth-order valence-corrected chi connectivity index (χ4v) is 4.94. The molecule has 8 nitrogen and oxygen atoms in total. The summed E-state index contributed by atoms with van der Waals surface area (Å²) in [7, 11) is 0. The molecule has 0 bridgehead atoms. The van der Waals surface area contributed by atoms with Gasteiger partial charge in [-0.2, -0.15) is 0 Å². The highest BCUT2D eigenvalue weighted by Crippen LogP contribution is 2.43. The number of nitrogens with zero attached hydrogens (tertiary/aromatic N) is 1. The van der Waals surface area contributed by atoms with E-state index in [0.717, 1.165) is 42.4 Å². The average molecular weight is 484 g/mol. The van der Waals surface area contributed by atoms with Crippen LogP contribution >= 0.6 is 0 Å². The highest BCUT2D eigenvalue weighted by atomic mass is 16.6. The SMILES string of the molecule is CC[C@@H](NC(=O)OC(C)(C)C)C(=O)N/N=c1/cc(C)c2cc3c(cc2o1)OC1(CCCCC1)CC3. The van der Waals surface area contributed by atoms with Gasteiger partial charge in [-0.3, -0.25) is 4.79 Å². The first kappa shape index (κ1) is 25.1. The van der Waals surface area contributed by atoms with Crippen LogP contribution in [-0.4, -0.2) is 29.2 Å². The van der Waals surface area contributed by atoms with Gasteiger partial charge in [0.15, 0.2) is 0 Å². The zero-order chi connectivity index (χ0) is 25.2. The number of ether oxygens (including phenoxy) is 2. The summed E-state index contributed by atoms with van der Waals surface area (Å²) in [4.78, 5) is 24.7. The highest BCUT2D eigenvalue weighted by Gasteiger charge is 2.37. The lowest BCUT2D eigenvalue weighted by Crippen LogP contribution is -2.47. The number of amides is 2. The maximum Gasteiger partial charge on any atom is 0.408 e. The van der Waals surface area contributed by atoms with Crippen molar-refractivity contribution in [1.82, 2.24) is 10.7 Å². The molecule has 1 aromatic carbocycles. The molecular formula is C27H37N3O5. The first-order chi connectivity index (χ1) is 16.6. The summed E-state index contributed by atoms with van der Waals surface area (Å²) >= 11 is 0. The molecule has 1 spiro atoms. The summed E-state index contributed by atoms with van der Waals surface area (Å²) < 4.78 is 17.8. The Morgan fingerprint density at radius 2 is 1.89 bits per heavy atom. The van der Waals surface area contributed by atoms with Crippen molar-refractivity contribution in [3.63, 3.8) is 0 Å². The molecule has 0 radical (unpaired) electrons. The molecule has 0 unspecified atom stereocenters. The monoisotopic (exact) mass is 483 g/mol. The minimum absolute atomic E-state index is 0.0414. The fourth-order valence-electron chi connectivity index (χ4n) is 4.94. The second-order valence-corrected chi connectivity index (χ2v) is 10.8. The van der Waals surface area contributed by atoms with Crippen LogP contribution in [0.1, 0.15) is 83.8 Å². The third-order valence-electron chi connectivity index (χ3n) is 6.78. The molecule has 8 heteroatoms. The van der Waals surface area contributed by atoms with Gasteiger partial charge in [-0.1, -0.05) is 13.3 Å². The number of nitrogens with one attached hydrogen (secondary N) is 2. The Balaban J connectivity index is 1.52. The largest absolute Gasteiger partial charge is 0.487 e. The van der Waals surface area contributed by atoms with Gasteiger partial charge in [-0.25, -0.2) is 10.2 Å². The van der Waals surface area contributed by atoms with Crippen molar-refractivity contribution in [1.29, 1.82) is 0 Å². The lowest BCUT2D eigenvalue weighted by atomic mass is 9.79. The van der Waals surface area contributed by atoms with E-state index < -0.39 is 23.6 Å². The van der Waals surface area contributed by atoms with Gasteiger partial charge < -0.3 is 19.2 Å². The number of hydrogen-bond acceptors (Lipinski definition) is 6. The molecule has 1 atom stereocenters. The van der Waals surface area contributed by atoms with Crippen molar-refractivity contribution >= 4 is 23.0 Å². The third-order valence-corrected chi connectivity index (χ3v) is 6.78. The fraction of sp³-hybridized carbons (Fsp3) is 0.593. The molecule has 190 valence electrons. The van der Waals surface area contributed by atoms with Crippen LogP contribution in [0.4, 0.5) is 4.79 Å². The minimum Gasteiger partial charge on any atom is -0.487 e. The molecule has 2 amide bonds. The van der Waals surface area contributed by atoms with E-state index in [1.54, 1.807) is 33.8 Å². The van der Waals surface area contributed by atoms with Crippen LogP contribution in [-0.2, 0) is 16.0 Å². The number of rotatable bonds is 4. The van der Waals surface area contributed by atoms with Crippen LogP contribution in [0.3, 0.4) is 0 Å². The van der Waals surface area contributed by atoms with Gasteiger partial charge in [-0.05, 0) is 89.8 Å². The van der Waals surface area contributed by atoms with E-state index in [2.05, 4.69) is 21.9 Å². The Kier molecular flexibility index (Phi) is 7.10. The topological polar surface area (TPSA) is 102 Å². The average Bonchev–Trinajstić information content (AvgIpc) is 2.79. The standard InChI is InChI=1S/C27H37N3O5/c1-6-20(28-25(32)35-26(3,4)5)24(31)30-29-23-14-17(2)19-15-18-10-13-27(11-8-7-9-12-27)34-21(18)16-22(19)33-23/h14-16,20H,6-13H2,1-5H3,(H,28,32)(H,30,31)/b29-23-/t20-/m1/s1. The van der Waals surface area contributed by atoms with Crippen LogP contribution in [0.5, 0.6) is 5.75 Å². The molecule has 1 saturated carbocycles. The van der Waals surface area contributed by atoms with Gasteiger partial charge in [0.2, 0.25) is 5.55 Å². The van der Waals surface area contributed by atoms with E-state index in [9.17, 15) is 9.59 Å². The zero-order valence-corrected chi connectivity index (χ0v) is 21.5. The van der Waals surface area contributed by atoms with Gasteiger partial charge in [0.05, 0.1) is 0 Å². The molecule has 1 aromatic heterocycles. The van der Waals surface area contributed by atoms with Gasteiger partial charge >= 0.3 is 6.09 Å². The highest BCUT2D eigenvalue weighted by molar-refractivity contribution is 5.85. The Morgan fingerprint density at radius 3 is 2.57 bits per heavy atom. The molecule has 2 heterocycles. The second kappa shape index (κ2) is 9.91. The molecule has 1 aliphatic carbocycles. The number of benzene rings is 1. The van der Waals surface area contributed by atoms with Crippen LogP contribution in [0.15, 0.2) is 27.7 Å². The molecule has 4 rings (SSSR count). The number of hydrogen-bond donors (Lipinski definition) is 2. The number of carbonyl (C=O) groups is 2. The van der Waals surface area contributed by atoms with Crippen molar-refractivity contribution in [2.75, 3.05) is 0 Å². The number of fused-ring (bicyclic) bond motifs is 2. The second-order valence-electron chi connectivity index (χ2n) is 10.8. The van der Waals surface area contributed by atoms with E-state index in [0.29, 0.717) is 12.0 Å². The van der Waals surface area contributed by atoms with E-state index in [1.807, 2.05) is 13.0 Å². The Labute approximate surface area is 206 Å². The third kappa shape index (κ3) is 5.97. The van der Waals surface area contributed by atoms with Crippen molar-refractivity contribution in [2.45, 2.75) is 103 Å².